The summed E-state index contributed by atoms with van der Waals surface area (Å²) in [6.07, 6.45) is 2.94. The van der Waals surface area contributed by atoms with E-state index in [1.165, 1.54) is 18.2 Å². The molecular weight excluding hydrogens is 433 g/mol. The van der Waals surface area contributed by atoms with Gasteiger partial charge in [0.2, 0.25) is 5.91 Å². The highest BCUT2D eigenvalue weighted by molar-refractivity contribution is 6.03. The maximum Gasteiger partial charge on any atom is 0.248 e. The number of amides is 1. The van der Waals surface area contributed by atoms with Crippen molar-refractivity contribution in [2.75, 3.05) is 12.4 Å². The summed E-state index contributed by atoms with van der Waals surface area (Å²) in [7, 11) is 1.54. The third-order valence-corrected chi connectivity index (χ3v) is 5.27. The van der Waals surface area contributed by atoms with Crippen molar-refractivity contribution < 1.29 is 18.3 Å². The number of hydrogen-bond acceptors (Lipinski definition) is 4. The lowest BCUT2D eigenvalue weighted by Crippen LogP contribution is -2.09. The number of benzene rings is 3. The van der Waals surface area contributed by atoms with Gasteiger partial charge < -0.3 is 19.5 Å². The predicted octanol–water partition coefficient (Wildman–Crippen LogP) is 6.29. The van der Waals surface area contributed by atoms with Crippen LogP contribution in [-0.4, -0.2) is 23.0 Å². The minimum Gasteiger partial charge on any atom is -0.495 e. The van der Waals surface area contributed by atoms with Gasteiger partial charge in [0, 0.05) is 17.2 Å². The maximum absolute atomic E-state index is 13.1. The summed E-state index contributed by atoms with van der Waals surface area (Å²) in [4.78, 5) is 20.5. The summed E-state index contributed by atoms with van der Waals surface area (Å²) in [6, 6.07) is 22.7. The Hall–Kier alpha value is -4.65. The normalized spacial score (nSPS) is 11.2. The van der Waals surface area contributed by atoms with Gasteiger partial charge in [-0.15, -0.1) is 0 Å². The van der Waals surface area contributed by atoms with Gasteiger partial charge in [0.25, 0.3) is 0 Å². The molecule has 0 aliphatic rings. The molecule has 34 heavy (non-hydrogen) atoms. The second-order valence-electron chi connectivity index (χ2n) is 7.55. The van der Waals surface area contributed by atoms with Crippen LogP contribution in [0.3, 0.4) is 0 Å². The van der Waals surface area contributed by atoms with Crippen LogP contribution in [0.15, 0.2) is 89.4 Å². The Morgan fingerprint density at radius 2 is 1.82 bits per heavy atom. The molecule has 0 bridgehead atoms. The van der Waals surface area contributed by atoms with Gasteiger partial charge in [-0.25, -0.2) is 9.37 Å². The van der Waals surface area contributed by atoms with Crippen LogP contribution in [0.1, 0.15) is 5.76 Å². The van der Waals surface area contributed by atoms with E-state index in [2.05, 4.69) is 15.3 Å². The number of carbonyl (C=O) groups excluding carboxylic acids is 1. The van der Waals surface area contributed by atoms with E-state index in [9.17, 15) is 9.18 Å². The number of H-pyrrole nitrogens is 1. The molecule has 0 aliphatic carbocycles. The molecule has 0 radical (unpaired) electrons. The first-order chi connectivity index (χ1) is 16.6. The van der Waals surface area contributed by atoms with Gasteiger partial charge in [-0.1, -0.05) is 12.1 Å². The Kier molecular flexibility index (Phi) is 5.66. The lowest BCUT2D eigenvalue weighted by atomic mass is 10.1. The molecule has 6 nitrogen and oxygen atoms in total. The minimum atomic E-state index is -0.347. The number of methoxy groups -OCH3 is 1. The number of nitrogens with zero attached hydrogens (tertiary/aromatic N) is 1. The highest BCUT2D eigenvalue weighted by atomic mass is 19.1. The van der Waals surface area contributed by atoms with E-state index in [-0.39, 0.29) is 11.7 Å². The zero-order valence-electron chi connectivity index (χ0n) is 18.2. The number of aromatic amines is 1. The molecule has 0 saturated carbocycles. The minimum absolute atomic E-state index is 0.313. The van der Waals surface area contributed by atoms with Gasteiger partial charge in [-0.3, -0.25) is 4.79 Å². The quantitative estimate of drug-likeness (QED) is 0.296. The molecule has 2 heterocycles. The highest BCUT2D eigenvalue weighted by Crippen LogP contribution is 2.30. The van der Waals surface area contributed by atoms with E-state index >= 15 is 0 Å². The molecule has 3 aromatic carbocycles. The third-order valence-electron chi connectivity index (χ3n) is 5.27. The van der Waals surface area contributed by atoms with Gasteiger partial charge >= 0.3 is 0 Å². The predicted molar refractivity (Wildman–Crippen MR) is 130 cm³/mol. The molecule has 5 rings (SSSR count). The van der Waals surface area contributed by atoms with Crippen molar-refractivity contribution in [3.8, 4) is 28.5 Å². The Bertz CT molecular complexity index is 1470. The van der Waals surface area contributed by atoms with Crippen LogP contribution in [0.5, 0.6) is 5.75 Å². The van der Waals surface area contributed by atoms with E-state index in [4.69, 9.17) is 9.15 Å². The number of anilines is 1. The number of aromatic nitrogens is 2. The van der Waals surface area contributed by atoms with Crippen LogP contribution in [0.25, 0.3) is 39.8 Å². The fraction of sp³-hybridized carbons (Fsp3) is 0.0370. The molecule has 0 aliphatic heterocycles. The lowest BCUT2D eigenvalue weighted by molar-refractivity contribution is -0.111. The SMILES string of the molecule is COc1ccc(-c2nc3ccccc3[nH]2)cc1NC(=O)/C=C/c1ccc(-c2ccc(F)cc2)o1. The van der Waals surface area contributed by atoms with Gasteiger partial charge in [0.15, 0.2) is 0 Å². The molecule has 0 spiro atoms. The van der Waals surface area contributed by atoms with Crippen molar-refractivity contribution in [2.45, 2.75) is 0 Å². The standard InChI is InChI=1S/C27H20FN3O3/c1-33-25-13-8-18(27-30-21-4-2-3-5-22(21)31-27)16-23(25)29-26(32)15-12-20-11-14-24(34-20)17-6-9-19(28)10-7-17/h2-16H,1H3,(H,29,32)(H,30,31)/b15-12+. The summed E-state index contributed by atoms with van der Waals surface area (Å²) in [5.41, 5.74) is 3.87. The topological polar surface area (TPSA) is 80.1 Å². The maximum atomic E-state index is 13.1. The van der Waals surface area contributed by atoms with Crippen molar-refractivity contribution >= 4 is 28.7 Å². The molecule has 0 unspecified atom stereocenters. The monoisotopic (exact) mass is 453 g/mol. The molecule has 2 N–H and O–H groups in total. The van der Waals surface area contributed by atoms with Gasteiger partial charge in [0.05, 0.1) is 23.8 Å². The van der Waals surface area contributed by atoms with Crippen LogP contribution >= 0.6 is 0 Å². The first-order valence-electron chi connectivity index (χ1n) is 10.6. The van der Waals surface area contributed by atoms with E-state index in [0.29, 0.717) is 28.8 Å². The second kappa shape index (κ2) is 9.07. The van der Waals surface area contributed by atoms with E-state index in [0.717, 1.165) is 22.2 Å². The molecule has 0 fully saturated rings. The first-order valence-corrected chi connectivity index (χ1v) is 10.6. The van der Waals surface area contributed by atoms with Crippen LogP contribution < -0.4 is 10.1 Å². The first kappa shape index (κ1) is 21.2. The Morgan fingerprint density at radius 1 is 1.03 bits per heavy atom. The molecule has 168 valence electrons. The number of halogens is 1. The van der Waals surface area contributed by atoms with Crippen molar-refractivity contribution in [3.63, 3.8) is 0 Å². The summed E-state index contributed by atoms with van der Waals surface area (Å²) in [5, 5.41) is 2.84. The zero-order chi connectivity index (χ0) is 23.5. The molecule has 0 atom stereocenters. The summed E-state index contributed by atoms with van der Waals surface area (Å²) >= 11 is 0. The third kappa shape index (κ3) is 4.45. The average molecular weight is 453 g/mol. The summed E-state index contributed by atoms with van der Waals surface area (Å²) in [5.74, 6) is 1.64. The van der Waals surface area contributed by atoms with Gasteiger partial charge in [-0.05, 0) is 72.8 Å². The van der Waals surface area contributed by atoms with E-state index < -0.39 is 0 Å². The molecule has 7 heteroatoms. The number of hydrogen-bond donors (Lipinski definition) is 2. The molecule has 2 aromatic heterocycles. The molecule has 1 amide bonds. The summed E-state index contributed by atoms with van der Waals surface area (Å²) in [6.45, 7) is 0. The Balaban J connectivity index is 1.33. The number of para-hydroxylation sites is 2. The van der Waals surface area contributed by atoms with Crippen LogP contribution in [0, 0.1) is 5.82 Å². The zero-order valence-corrected chi connectivity index (χ0v) is 18.2. The van der Waals surface area contributed by atoms with E-state index in [1.54, 1.807) is 43.5 Å². The number of imidazole rings is 1. The number of ether oxygens (including phenoxy) is 1. The highest BCUT2D eigenvalue weighted by Gasteiger charge is 2.11. The van der Waals surface area contributed by atoms with E-state index in [1.807, 2.05) is 36.4 Å². The number of carbonyl (C=O) groups is 1. The number of fused-ring (bicyclic) bond motifs is 1. The van der Waals surface area contributed by atoms with Gasteiger partial charge in [0.1, 0.15) is 28.9 Å². The van der Waals surface area contributed by atoms with Crippen molar-refractivity contribution in [1.82, 2.24) is 9.97 Å². The molecular formula is C27H20FN3O3. The van der Waals surface area contributed by atoms with Crippen LogP contribution in [0.2, 0.25) is 0 Å². The number of furan rings is 1. The molecule has 0 saturated heterocycles. The summed E-state index contributed by atoms with van der Waals surface area (Å²) < 4.78 is 24.3. The fourth-order valence-corrected chi connectivity index (χ4v) is 3.59. The molecule has 5 aromatic rings. The Morgan fingerprint density at radius 3 is 2.62 bits per heavy atom. The van der Waals surface area contributed by atoms with Crippen LogP contribution in [-0.2, 0) is 4.79 Å². The Labute approximate surface area is 194 Å². The van der Waals surface area contributed by atoms with Crippen LogP contribution in [0.4, 0.5) is 10.1 Å². The lowest BCUT2D eigenvalue weighted by Gasteiger charge is -2.10. The smallest absolute Gasteiger partial charge is 0.248 e. The fourth-order valence-electron chi connectivity index (χ4n) is 3.59. The van der Waals surface area contributed by atoms with Crippen molar-refractivity contribution in [3.05, 3.63) is 96.5 Å². The van der Waals surface area contributed by atoms with Gasteiger partial charge in [-0.2, -0.15) is 0 Å². The van der Waals surface area contributed by atoms with Crippen molar-refractivity contribution in [1.29, 1.82) is 0 Å². The number of nitrogens with one attached hydrogen (secondary N) is 2. The second-order valence-corrected chi connectivity index (χ2v) is 7.55. The average Bonchev–Trinajstić information content (AvgIpc) is 3.50. The van der Waals surface area contributed by atoms with Crippen molar-refractivity contribution in [2.24, 2.45) is 0 Å². The largest absolute Gasteiger partial charge is 0.495 e. The number of rotatable bonds is 6.